The molecule has 0 aliphatic carbocycles. The van der Waals surface area contributed by atoms with Gasteiger partial charge in [0.25, 0.3) is 0 Å². The summed E-state index contributed by atoms with van der Waals surface area (Å²) in [5.74, 6) is -0.421. The van der Waals surface area contributed by atoms with Crippen LogP contribution in [-0.2, 0) is 17.5 Å². The molecule has 1 aromatic heterocycles. The van der Waals surface area contributed by atoms with Gasteiger partial charge in [0, 0.05) is 47.2 Å². The van der Waals surface area contributed by atoms with Gasteiger partial charge in [-0.2, -0.15) is 13.2 Å². The van der Waals surface area contributed by atoms with Crippen LogP contribution in [0.1, 0.15) is 43.7 Å². The minimum atomic E-state index is -4.46. The second kappa shape index (κ2) is 14.0. The Hall–Kier alpha value is -3.30. The number of alkyl halides is 3. The molecule has 3 N–H and O–H groups in total. The summed E-state index contributed by atoms with van der Waals surface area (Å²) >= 11 is 6.10. The van der Waals surface area contributed by atoms with E-state index in [1.165, 1.54) is 12.3 Å². The monoisotopic (exact) mass is 549 g/mol. The van der Waals surface area contributed by atoms with Crippen molar-refractivity contribution in [1.29, 1.82) is 0 Å². The van der Waals surface area contributed by atoms with E-state index < -0.39 is 17.7 Å². The lowest BCUT2D eigenvalue weighted by Crippen LogP contribution is -2.27. The van der Waals surface area contributed by atoms with E-state index in [9.17, 15) is 18.0 Å². The number of anilines is 1. The Morgan fingerprint density at radius 2 is 1.89 bits per heavy atom. The molecule has 0 saturated carbocycles. The highest BCUT2D eigenvalue weighted by atomic mass is 35.5. The highest BCUT2D eigenvalue weighted by molar-refractivity contribution is 6.33. The van der Waals surface area contributed by atoms with Crippen LogP contribution in [0.25, 0.3) is 11.1 Å². The van der Waals surface area contributed by atoms with E-state index in [0.29, 0.717) is 36.7 Å². The van der Waals surface area contributed by atoms with E-state index in [1.807, 2.05) is 24.3 Å². The van der Waals surface area contributed by atoms with Crippen molar-refractivity contribution in [3.63, 3.8) is 0 Å². The van der Waals surface area contributed by atoms with Gasteiger partial charge in [0.15, 0.2) is 0 Å². The first-order valence-electron chi connectivity index (χ1n) is 12.4. The maximum Gasteiger partial charge on any atom is 0.416 e. The Kier molecular flexibility index (Phi) is 10.8. The van der Waals surface area contributed by atoms with Gasteiger partial charge in [-0.25, -0.2) is 4.98 Å². The van der Waals surface area contributed by atoms with Crippen molar-refractivity contribution in [2.24, 2.45) is 0 Å². The summed E-state index contributed by atoms with van der Waals surface area (Å²) in [7, 11) is 0. The normalized spacial score (nSPS) is 12.2. The molecule has 1 atom stereocenters. The Labute approximate surface area is 225 Å². The van der Waals surface area contributed by atoms with Crippen molar-refractivity contribution in [3.05, 3.63) is 76.9 Å². The number of carboxylic acid groups (broad SMARTS) is 1. The largest absolute Gasteiger partial charge is 0.481 e. The van der Waals surface area contributed by atoms with Crippen LogP contribution in [0.15, 0.2) is 60.8 Å². The molecular weight excluding hydrogens is 519 g/mol. The fourth-order valence-corrected chi connectivity index (χ4v) is 4.06. The Bertz CT molecular complexity index is 1170. The number of hydrogen-bond donors (Lipinski definition) is 3. The molecule has 204 valence electrons. The highest BCUT2D eigenvalue weighted by Crippen LogP contribution is 2.35. The van der Waals surface area contributed by atoms with Crippen LogP contribution in [0.5, 0.6) is 5.88 Å². The van der Waals surface area contributed by atoms with E-state index >= 15 is 0 Å². The van der Waals surface area contributed by atoms with Gasteiger partial charge in [0.1, 0.15) is 6.61 Å². The predicted octanol–water partition coefficient (Wildman–Crippen LogP) is 7.03. The van der Waals surface area contributed by atoms with Gasteiger partial charge in [-0.15, -0.1) is 0 Å². The van der Waals surface area contributed by atoms with Crippen LogP contribution in [0.3, 0.4) is 0 Å². The van der Waals surface area contributed by atoms with Crippen molar-refractivity contribution < 1.29 is 27.8 Å². The third-order valence-corrected chi connectivity index (χ3v) is 6.16. The fraction of sp³-hybridized carbons (Fsp3) is 0.357. The number of benzene rings is 2. The molecule has 0 saturated heterocycles. The molecule has 0 amide bonds. The number of rotatable bonds is 14. The van der Waals surface area contributed by atoms with Gasteiger partial charge in [-0.3, -0.25) is 4.79 Å². The Morgan fingerprint density at radius 3 is 2.50 bits per heavy atom. The van der Waals surface area contributed by atoms with Crippen LogP contribution in [0.2, 0.25) is 5.02 Å². The number of halogens is 4. The second-order valence-electron chi connectivity index (χ2n) is 8.89. The molecule has 0 spiro atoms. The van der Waals surface area contributed by atoms with Crippen molar-refractivity contribution in [3.8, 4) is 17.0 Å². The average molecular weight is 550 g/mol. The number of carbonyl (C=O) groups is 1. The molecule has 2 aromatic carbocycles. The lowest BCUT2D eigenvalue weighted by atomic mass is 10.1. The highest BCUT2D eigenvalue weighted by Gasteiger charge is 2.31. The van der Waals surface area contributed by atoms with Crippen molar-refractivity contribution in [1.82, 2.24) is 10.3 Å². The average Bonchev–Trinajstić information content (AvgIpc) is 2.89. The molecule has 0 fully saturated rings. The zero-order valence-corrected chi connectivity index (χ0v) is 21.8. The van der Waals surface area contributed by atoms with Crippen LogP contribution < -0.4 is 15.4 Å². The quantitative estimate of drug-likeness (QED) is 0.187. The predicted molar refractivity (Wildman–Crippen MR) is 143 cm³/mol. The number of carboxylic acids is 1. The smallest absolute Gasteiger partial charge is 0.416 e. The Morgan fingerprint density at radius 1 is 1.13 bits per heavy atom. The van der Waals surface area contributed by atoms with E-state index in [1.54, 1.807) is 12.1 Å². The van der Waals surface area contributed by atoms with Gasteiger partial charge in [0.2, 0.25) is 5.88 Å². The van der Waals surface area contributed by atoms with Crippen molar-refractivity contribution in [2.45, 2.75) is 51.4 Å². The third-order valence-electron chi connectivity index (χ3n) is 5.85. The molecular formula is C28H31ClF3N3O3. The molecule has 1 heterocycles. The molecule has 0 bridgehead atoms. The summed E-state index contributed by atoms with van der Waals surface area (Å²) in [5, 5.41) is 15.3. The first kappa shape index (κ1) is 29.3. The summed E-state index contributed by atoms with van der Waals surface area (Å²) in [6.45, 7) is 3.51. The molecule has 38 heavy (non-hydrogen) atoms. The molecule has 6 nitrogen and oxygen atoms in total. The fourth-order valence-electron chi connectivity index (χ4n) is 3.77. The van der Waals surface area contributed by atoms with Gasteiger partial charge in [-0.1, -0.05) is 49.6 Å². The number of nitrogens with zero attached hydrogens (tertiary/aromatic N) is 1. The van der Waals surface area contributed by atoms with Crippen LogP contribution in [-0.4, -0.2) is 35.3 Å². The number of nitrogens with one attached hydrogen (secondary N) is 2. The third kappa shape index (κ3) is 9.22. The van der Waals surface area contributed by atoms with Crippen LogP contribution in [0.4, 0.5) is 18.9 Å². The number of hydrogen-bond acceptors (Lipinski definition) is 5. The van der Waals surface area contributed by atoms with Crippen molar-refractivity contribution >= 4 is 23.3 Å². The summed E-state index contributed by atoms with van der Waals surface area (Å²) in [6.07, 6.45) is 0.114. The summed E-state index contributed by atoms with van der Waals surface area (Å²) in [4.78, 5) is 14.9. The lowest BCUT2D eigenvalue weighted by molar-refractivity contribution is -0.138. The zero-order chi connectivity index (χ0) is 27.5. The van der Waals surface area contributed by atoms with E-state index in [2.05, 4.69) is 22.5 Å². The molecule has 3 aromatic rings. The lowest BCUT2D eigenvalue weighted by Gasteiger charge is -2.20. The van der Waals surface area contributed by atoms with Gasteiger partial charge in [-0.05, 0) is 42.3 Å². The summed E-state index contributed by atoms with van der Waals surface area (Å²) < 4.78 is 44.6. The van der Waals surface area contributed by atoms with E-state index in [4.69, 9.17) is 21.4 Å². The molecule has 0 aliphatic rings. The minimum absolute atomic E-state index is 0.00110. The number of pyridine rings is 1. The van der Waals surface area contributed by atoms with Gasteiger partial charge >= 0.3 is 12.1 Å². The van der Waals surface area contributed by atoms with Crippen LogP contribution in [0, 0.1) is 0 Å². The number of aromatic nitrogens is 1. The topological polar surface area (TPSA) is 83.5 Å². The maximum atomic E-state index is 12.9. The number of aliphatic carboxylic acids is 1. The van der Waals surface area contributed by atoms with Gasteiger partial charge < -0.3 is 20.5 Å². The molecule has 0 unspecified atom stereocenters. The van der Waals surface area contributed by atoms with Crippen LogP contribution >= 0.6 is 11.6 Å². The number of ether oxygens (including phenoxy) is 1. The Balaban J connectivity index is 1.57. The molecule has 10 heteroatoms. The van der Waals surface area contributed by atoms with E-state index in [-0.39, 0.29) is 17.5 Å². The molecule has 0 aliphatic heterocycles. The standard InChI is InChI=1S/C28H31ClF3N3O3/c1-2-3-4-23(35-22-9-5-19(6-10-22)16-33-14-13-27(36)37)18-38-26-12-7-20(17-34-26)24-11-8-21(15-25(24)29)28(30,31)32/h5-12,15,17,23,33,35H,2-4,13-14,16,18H2,1H3,(H,36,37)/t23-/m0/s1. The maximum absolute atomic E-state index is 12.9. The summed E-state index contributed by atoms with van der Waals surface area (Å²) in [5.41, 5.74) is 2.26. The van der Waals surface area contributed by atoms with E-state index in [0.717, 1.165) is 42.6 Å². The second-order valence-corrected chi connectivity index (χ2v) is 9.30. The van der Waals surface area contributed by atoms with Crippen molar-refractivity contribution in [2.75, 3.05) is 18.5 Å². The molecule has 3 rings (SSSR count). The zero-order valence-electron chi connectivity index (χ0n) is 21.0. The van der Waals surface area contributed by atoms with Gasteiger partial charge in [0.05, 0.1) is 18.0 Å². The molecule has 0 radical (unpaired) electrons. The first-order chi connectivity index (χ1) is 18.2. The summed E-state index contributed by atoms with van der Waals surface area (Å²) in [6, 6.07) is 14.6. The number of unbranched alkanes of at least 4 members (excludes halogenated alkanes) is 1. The first-order valence-corrected chi connectivity index (χ1v) is 12.8. The SMILES string of the molecule is CCCC[C@@H](COc1ccc(-c2ccc(C(F)(F)F)cc2Cl)cn1)Nc1ccc(CNCCC(=O)O)cc1. The minimum Gasteiger partial charge on any atom is -0.481 e.